The monoisotopic (exact) mass is 378 g/mol. The lowest BCUT2D eigenvalue weighted by atomic mass is 10.1. The van der Waals surface area contributed by atoms with Crippen LogP contribution < -0.4 is 15.6 Å². The third-order valence-electron chi connectivity index (χ3n) is 4.72. The molecule has 2 heterocycles. The lowest BCUT2D eigenvalue weighted by Gasteiger charge is -2.11. The number of carbonyl (C=O) groups excluding carboxylic acids is 1. The van der Waals surface area contributed by atoms with E-state index in [0.29, 0.717) is 23.4 Å². The highest BCUT2D eigenvalue weighted by Gasteiger charge is 2.18. The van der Waals surface area contributed by atoms with Crippen molar-refractivity contribution in [3.05, 3.63) is 65.7 Å². The van der Waals surface area contributed by atoms with E-state index < -0.39 is 0 Å². The van der Waals surface area contributed by atoms with Crippen molar-refractivity contribution in [2.24, 2.45) is 4.99 Å². The highest BCUT2D eigenvalue weighted by atomic mass is 16.5. The Labute approximate surface area is 162 Å². The van der Waals surface area contributed by atoms with Crippen molar-refractivity contribution >= 4 is 22.6 Å². The maximum atomic E-state index is 12.8. The van der Waals surface area contributed by atoms with E-state index in [1.165, 1.54) is 0 Å². The van der Waals surface area contributed by atoms with Gasteiger partial charge in [0, 0.05) is 18.5 Å². The summed E-state index contributed by atoms with van der Waals surface area (Å²) in [6.45, 7) is 1.23. The molecule has 0 spiro atoms. The van der Waals surface area contributed by atoms with Gasteiger partial charge in [-0.2, -0.15) is 0 Å². The summed E-state index contributed by atoms with van der Waals surface area (Å²) in [5.74, 6) is 0.515. The number of amides is 1. The zero-order chi connectivity index (χ0) is 19.3. The third kappa shape index (κ3) is 4.07. The first-order valence-corrected chi connectivity index (χ1v) is 9.34. The van der Waals surface area contributed by atoms with Crippen molar-refractivity contribution in [1.29, 1.82) is 0 Å². The van der Waals surface area contributed by atoms with Crippen LogP contribution in [-0.4, -0.2) is 32.3 Å². The number of nitrogens with zero attached hydrogens (tertiary/aromatic N) is 1. The van der Waals surface area contributed by atoms with Gasteiger partial charge >= 0.3 is 0 Å². The maximum absolute atomic E-state index is 12.8. The summed E-state index contributed by atoms with van der Waals surface area (Å²) in [7, 11) is 1.61. The minimum absolute atomic E-state index is 0.0725. The largest absolute Gasteiger partial charge is 0.497 e. The molecule has 1 atom stereocenters. The highest BCUT2D eigenvalue weighted by Crippen LogP contribution is 2.18. The molecular formula is C22H22N2O4. The standard InChI is InChI=1S/C22H22N2O4/c1-26-17-10-8-16(9-11-17)24-22-19(13-15-5-2-3-7-20(15)28-22)21(25)23-14-18-6-4-12-27-18/h2-3,5,7-11,13,18H,4,6,12,14H2,1H3,(H,23,25)/t18-/m0/s1. The Morgan fingerprint density at radius 3 is 2.79 bits per heavy atom. The molecule has 1 aromatic heterocycles. The number of nitrogens with one attached hydrogen (secondary N) is 1. The van der Waals surface area contributed by atoms with Crippen LogP contribution in [0, 0.1) is 0 Å². The van der Waals surface area contributed by atoms with Crippen LogP contribution in [0.15, 0.2) is 64.0 Å². The minimum Gasteiger partial charge on any atom is -0.497 e. The molecule has 1 N–H and O–H groups in total. The van der Waals surface area contributed by atoms with Gasteiger partial charge in [0.2, 0.25) is 5.55 Å². The number of para-hydroxylation sites is 1. The molecule has 0 bridgehead atoms. The molecule has 6 nitrogen and oxygen atoms in total. The molecule has 0 unspecified atom stereocenters. The number of carbonyl (C=O) groups is 1. The summed E-state index contributed by atoms with van der Waals surface area (Å²) in [6, 6.07) is 16.6. The predicted molar refractivity (Wildman–Crippen MR) is 106 cm³/mol. The molecule has 3 aromatic rings. The van der Waals surface area contributed by atoms with Crippen LogP contribution in [0.25, 0.3) is 11.0 Å². The number of hydrogen-bond donors (Lipinski definition) is 1. The van der Waals surface area contributed by atoms with Crippen molar-refractivity contribution in [3.63, 3.8) is 0 Å². The van der Waals surface area contributed by atoms with Gasteiger partial charge in [-0.25, -0.2) is 4.99 Å². The molecule has 0 radical (unpaired) electrons. The van der Waals surface area contributed by atoms with Crippen molar-refractivity contribution in [3.8, 4) is 5.75 Å². The lowest BCUT2D eigenvalue weighted by Crippen LogP contribution is -2.34. The zero-order valence-electron chi connectivity index (χ0n) is 15.7. The Kier molecular flexibility index (Phi) is 5.39. The Hall–Kier alpha value is -3.12. The number of benzene rings is 2. The molecule has 1 amide bonds. The van der Waals surface area contributed by atoms with Crippen LogP contribution in [0.2, 0.25) is 0 Å². The third-order valence-corrected chi connectivity index (χ3v) is 4.72. The zero-order valence-corrected chi connectivity index (χ0v) is 15.7. The molecule has 2 aromatic carbocycles. The van der Waals surface area contributed by atoms with Crippen molar-refractivity contribution in [2.75, 3.05) is 20.3 Å². The van der Waals surface area contributed by atoms with Crippen LogP contribution in [0.1, 0.15) is 23.2 Å². The average molecular weight is 378 g/mol. The molecule has 6 heteroatoms. The van der Waals surface area contributed by atoms with Crippen LogP contribution >= 0.6 is 0 Å². The van der Waals surface area contributed by atoms with Crippen LogP contribution in [-0.2, 0) is 4.74 Å². The molecule has 1 fully saturated rings. The Morgan fingerprint density at radius 2 is 2.04 bits per heavy atom. The predicted octanol–water partition coefficient (Wildman–Crippen LogP) is 3.58. The number of ether oxygens (including phenoxy) is 2. The van der Waals surface area contributed by atoms with Gasteiger partial charge in [-0.05, 0) is 49.2 Å². The summed E-state index contributed by atoms with van der Waals surface area (Å²) < 4.78 is 16.7. The van der Waals surface area contributed by atoms with E-state index in [0.717, 1.165) is 30.6 Å². The molecule has 4 rings (SSSR count). The molecule has 1 aliphatic rings. The number of rotatable bonds is 5. The first-order chi connectivity index (χ1) is 13.7. The van der Waals surface area contributed by atoms with Gasteiger partial charge in [-0.1, -0.05) is 18.2 Å². The molecule has 144 valence electrons. The van der Waals surface area contributed by atoms with E-state index >= 15 is 0 Å². The summed E-state index contributed by atoms with van der Waals surface area (Å²) in [5.41, 5.74) is 2.01. The van der Waals surface area contributed by atoms with Crippen molar-refractivity contribution in [1.82, 2.24) is 5.32 Å². The van der Waals surface area contributed by atoms with Gasteiger partial charge in [-0.15, -0.1) is 0 Å². The number of methoxy groups -OCH3 is 1. The maximum Gasteiger partial charge on any atom is 0.256 e. The fraction of sp³-hybridized carbons (Fsp3) is 0.273. The van der Waals surface area contributed by atoms with Crippen molar-refractivity contribution < 1.29 is 18.7 Å². The second kappa shape index (κ2) is 8.27. The quantitative estimate of drug-likeness (QED) is 0.736. The van der Waals surface area contributed by atoms with Gasteiger partial charge in [-0.3, -0.25) is 4.79 Å². The smallest absolute Gasteiger partial charge is 0.256 e. The molecule has 1 aliphatic heterocycles. The van der Waals surface area contributed by atoms with E-state index in [-0.39, 0.29) is 17.6 Å². The van der Waals surface area contributed by atoms with E-state index in [4.69, 9.17) is 13.9 Å². The van der Waals surface area contributed by atoms with Gasteiger partial charge in [0.25, 0.3) is 5.91 Å². The molecule has 0 aliphatic carbocycles. The molecule has 1 saturated heterocycles. The average Bonchev–Trinajstić information content (AvgIpc) is 3.26. The minimum atomic E-state index is -0.225. The number of hydrogen-bond acceptors (Lipinski definition) is 5. The summed E-state index contributed by atoms with van der Waals surface area (Å²) >= 11 is 0. The van der Waals surface area contributed by atoms with Gasteiger partial charge in [0.1, 0.15) is 16.9 Å². The van der Waals surface area contributed by atoms with Crippen molar-refractivity contribution in [2.45, 2.75) is 18.9 Å². The SMILES string of the molecule is COc1ccc(N=c2oc3ccccc3cc2C(=O)NC[C@@H]2CCCO2)cc1. The van der Waals surface area contributed by atoms with E-state index in [9.17, 15) is 4.79 Å². The summed E-state index contributed by atoms with van der Waals surface area (Å²) in [5, 5.41) is 3.79. The molecular weight excluding hydrogens is 356 g/mol. The second-order valence-corrected chi connectivity index (χ2v) is 6.66. The highest BCUT2D eigenvalue weighted by molar-refractivity contribution is 5.96. The van der Waals surface area contributed by atoms with Crippen LogP contribution in [0.5, 0.6) is 5.75 Å². The Balaban J connectivity index is 1.70. The van der Waals surface area contributed by atoms with Gasteiger partial charge in [0.15, 0.2) is 0 Å². The first-order valence-electron chi connectivity index (χ1n) is 9.34. The Bertz CT molecular complexity index is 1030. The molecule has 0 saturated carbocycles. The normalized spacial score (nSPS) is 17.0. The van der Waals surface area contributed by atoms with E-state index in [1.54, 1.807) is 7.11 Å². The molecule has 28 heavy (non-hydrogen) atoms. The van der Waals surface area contributed by atoms with Gasteiger partial charge in [0.05, 0.1) is 18.9 Å². The van der Waals surface area contributed by atoms with E-state index in [1.807, 2.05) is 54.6 Å². The summed E-state index contributed by atoms with van der Waals surface area (Å²) in [6.07, 6.45) is 2.07. The fourth-order valence-corrected chi connectivity index (χ4v) is 3.20. The Morgan fingerprint density at radius 1 is 1.21 bits per heavy atom. The lowest BCUT2D eigenvalue weighted by molar-refractivity contribution is 0.0854. The first kappa shape index (κ1) is 18.3. The topological polar surface area (TPSA) is 73.1 Å². The van der Waals surface area contributed by atoms with E-state index in [2.05, 4.69) is 10.3 Å². The number of fused-ring (bicyclic) bond motifs is 1. The fourth-order valence-electron chi connectivity index (χ4n) is 3.20. The van der Waals surface area contributed by atoms with Crippen LogP contribution in [0.3, 0.4) is 0 Å². The second-order valence-electron chi connectivity index (χ2n) is 6.66. The van der Waals surface area contributed by atoms with Gasteiger partial charge < -0.3 is 19.2 Å². The van der Waals surface area contributed by atoms with Crippen LogP contribution in [0.4, 0.5) is 5.69 Å². The summed E-state index contributed by atoms with van der Waals surface area (Å²) in [4.78, 5) is 17.4.